The molecule has 67 heavy (non-hydrogen) atoms. The van der Waals surface area contributed by atoms with Gasteiger partial charge in [-0.05, 0) is 80.7 Å². The summed E-state index contributed by atoms with van der Waals surface area (Å²) in [6.07, 6.45) is 1.91. The Bertz CT molecular complexity index is 2260. The molecule has 0 aliphatic carbocycles. The number of carboxylic acids is 1. The number of fused-ring (bicyclic) bond motifs is 1. The summed E-state index contributed by atoms with van der Waals surface area (Å²) in [5.74, 6) is -6.92. The van der Waals surface area contributed by atoms with Gasteiger partial charge < -0.3 is 69.6 Å². The van der Waals surface area contributed by atoms with Crippen LogP contribution in [-0.2, 0) is 51.2 Å². The van der Waals surface area contributed by atoms with Gasteiger partial charge in [0.05, 0.1) is 6.04 Å². The van der Waals surface area contributed by atoms with Crippen LogP contribution in [0.4, 0.5) is 0 Å². The SMILES string of the molecule is CC(C)C[C@H](NC(=O)[C@H](Cc1ccc(O)cc1)NC(=O)[C@H](CCCN=C(N)N)NC(=O)[C@@H]1CCCN1C(=O)[C@H](C)N)C(=O)N[C@@H](Cc1c[nH]c2ccccc12)C(=O)N[C@@H](CCC(N)=O)C(=O)O. The van der Waals surface area contributed by atoms with Crippen LogP contribution in [0.2, 0.25) is 0 Å². The topological polar surface area (TPSA) is 373 Å². The second-order valence-electron chi connectivity index (χ2n) is 17.1. The summed E-state index contributed by atoms with van der Waals surface area (Å²) < 4.78 is 0. The molecule has 0 bridgehead atoms. The molecule has 364 valence electrons. The molecule has 0 saturated carbocycles. The van der Waals surface area contributed by atoms with Crippen LogP contribution in [0.1, 0.15) is 76.8 Å². The van der Waals surface area contributed by atoms with Crippen LogP contribution in [0.25, 0.3) is 10.9 Å². The number of primary amides is 1. The van der Waals surface area contributed by atoms with Crippen LogP contribution in [0.3, 0.4) is 0 Å². The Kier molecular flexibility index (Phi) is 19.5. The second kappa shape index (κ2) is 24.9. The van der Waals surface area contributed by atoms with E-state index in [1.54, 1.807) is 38.2 Å². The van der Waals surface area contributed by atoms with E-state index in [-0.39, 0.29) is 69.1 Å². The van der Waals surface area contributed by atoms with E-state index in [1.165, 1.54) is 24.0 Å². The molecule has 22 heteroatoms. The van der Waals surface area contributed by atoms with Crippen molar-refractivity contribution in [3.05, 3.63) is 65.9 Å². The fraction of sp³-hybridized carbons (Fsp3) is 0.489. The Hall–Kier alpha value is -7.23. The first-order valence-corrected chi connectivity index (χ1v) is 22.2. The molecule has 1 aliphatic heterocycles. The van der Waals surface area contributed by atoms with E-state index >= 15 is 0 Å². The van der Waals surface area contributed by atoms with E-state index in [0.717, 1.165) is 10.9 Å². The Balaban J connectivity index is 1.64. The van der Waals surface area contributed by atoms with Gasteiger partial charge >= 0.3 is 5.97 Å². The zero-order valence-electron chi connectivity index (χ0n) is 38.0. The van der Waals surface area contributed by atoms with Crippen molar-refractivity contribution in [3.63, 3.8) is 0 Å². The number of carbonyl (C=O) groups excluding carboxylic acids is 7. The number of aliphatic imine (C=N–C) groups is 1. The highest BCUT2D eigenvalue weighted by Gasteiger charge is 2.38. The van der Waals surface area contributed by atoms with Gasteiger partial charge in [0.2, 0.25) is 41.4 Å². The molecule has 1 saturated heterocycles. The monoisotopic (exact) mass is 932 g/mol. The normalized spacial score (nSPS) is 16.1. The number of para-hydroxylation sites is 1. The standard InChI is InChI=1S/C45H64N12O10/c1-24(2)20-33(39(61)56-35(22-27-23-51-30-9-5-4-8-29(27)30)41(63)53-32(44(66)67)16-17-37(47)59)54-40(62)34(21-26-12-14-28(58)15-13-26)55-38(60)31(10-6-18-50-45(48)49)52-42(64)36-11-7-19-57(36)43(65)25(3)46/h4-5,8-9,12-15,23-25,31-36,51,58H,6-7,10-11,16-22,46H2,1-3H3,(H2,47,59)(H,52,64)(H,53,63)(H,54,62)(H,55,60)(H,56,61)(H,66,67)(H4,48,49,50)/t25-,31-,32-,33-,34-,35-,36-/m0/s1. The number of benzene rings is 2. The van der Waals surface area contributed by atoms with Crippen molar-refractivity contribution < 1.29 is 48.6 Å². The van der Waals surface area contributed by atoms with Crippen molar-refractivity contribution in [2.45, 2.75) is 121 Å². The average Bonchev–Trinajstić information content (AvgIpc) is 3.93. The van der Waals surface area contributed by atoms with Crippen molar-refractivity contribution in [2.24, 2.45) is 33.8 Å². The number of guanidine groups is 1. The maximum atomic E-state index is 14.5. The van der Waals surface area contributed by atoms with Gasteiger partial charge in [-0.25, -0.2) is 4.79 Å². The third-order valence-corrected chi connectivity index (χ3v) is 11.2. The number of aromatic hydroxyl groups is 1. The van der Waals surface area contributed by atoms with Gasteiger partial charge in [-0.2, -0.15) is 0 Å². The maximum absolute atomic E-state index is 14.5. The number of amides is 7. The summed E-state index contributed by atoms with van der Waals surface area (Å²) in [7, 11) is 0. The van der Waals surface area contributed by atoms with Gasteiger partial charge in [-0.15, -0.1) is 0 Å². The first kappa shape index (κ1) is 52.4. The van der Waals surface area contributed by atoms with E-state index < -0.39 is 89.6 Å². The lowest BCUT2D eigenvalue weighted by Crippen LogP contribution is -2.60. The third kappa shape index (κ3) is 16.0. The Morgan fingerprint density at radius 1 is 0.776 bits per heavy atom. The highest BCUT2D eigenvalue weighted by Crippen LogP contribution is 2.21. The molecule has 22 nitrogen and oxygen atoms in total. The number of carbonyl (C=O) groups is 8. The highest BCUT2D eigenvalue weighted by atomic mass is 16.4. The number of hydrogen-bond donors (Lipinski definition) is 12. The number of hydrogen-bond acceptors (Lipinski definition) is 11. The lowest BCUT2D eigenvalue weighted by atomic mass is 9.99. The number of nitrogens with one attached hydrogen (secondary N) is 6. The molecule has 0 unspecified atom stereocenters. The highest BCUT2D eigenvalue weighted by molar-refractivity contribution is 5.97. The predicted molar refractivity (Wildman–Crippen MR) is 247 cm³/mol. The fourth-order valence-electron chi connectivity index (χ4n) is 7.75. The Labute approximate surface area is 387 Å². The number of likely N-dealkylation sites (tertiary alicyclic amines) is 1. The molecule has 2 heterocycles. The van der Waals surface area contributed by atoms with Crippen LogP contribution in [0, 0.1) is 5.92 Å². The molecule has 1 aliphatic rings. The number of nitrogens with two attached hydrogens (primary N) is 4. The molecule has 4 rings (SSSR count). The number of aliphatic carboxylic acids is 1. The lowest BCUT2D eigenvalue weighted by molar-refractivity contribution is -0.142. The molecule has 0 spiro atoms. The predicted octanol–water partition coefficient (Wildman–Crippen LogP) is -1.13. The van der Waals surface area contributed by atoms with E-state index in [1.807, 2.05) is 18.2 Å². The molecule has 1 fully saturated rings. The number of rotatable bonds is 25. The van der Waals surface area contributed by atoms with Crippen molar-refractivity contribution in [1.29, 1.82) is 0 Å². The molecule has 16 N–H and O–H groups in total. The van der Waals surface area contributed by atoms with Crippen LogP contribution in [0.5, 0.6) is 5.75 Å². The summed E-state index contributed by atoms with van der Waals surface area (Å²) in [4.78, 5) is 116. The van der Waals surface area contributed by atoms with Gasteiger partial charge in [0.15, 0.2) is 5.96 Å². The van der Waals surface area contributed by atoms with Gasteiger partial charge in [0, 0.05) is 49.5 Å². The summed E-state index contributed by atoms with van der Waals surface area (Å²) in [6.45, 7) is 5.52. The molecule has 7 atom stereocenters. The van der Waals surface area contributed by atoms with Gasteiger partial charge in [0.1, 0.15) is 42.0 Å². The largest absolute Gasteiger partial charge is 0.508 e. The van der Waals surface area contributed by atoms with Gasteiger partial charge in [0.25, 0.3) is 0 Å². The minimum Gasteiger partial charge on any atom is -0.508 e. The number of nitrogens with zero attached hydrogens (tertiary/aromatic N) is 2. The lowest BCUT2D eigenvalue weighted by Gasteiger charge is -2.29. The number of carboxylic acid groups (broad SMARTS) is 1. The molecular weight excluding hydrogens is 869 g/mol. The molecule has 7 amide bonds. The zero-order valence-corrected chi connectivity index (χ0v) is 38.0. The summed E-state index contributed by atoms with van der Waals surface area (Å²) in [5, 5.41) is 33.9. The maximum Gasteiger partial charge on any atom is 0.326 e. The van der Waals surface area contributed by atoms with E-state index in [4.69, 9.17) is 22.9 Å². The van der Waals surface area contributed by atoms with Crippen LogP contribution < -0.4 is 49.5 Å². The zero-order chi connectivity index (χ0) is 49.4. The number of aromatic amines is 1. The van der Waals surface area contributed by atoms with Crippen LogP contribution in [0.15, 0.2) is 59.7 Å². The number of aromatic nitrogens is 1. The third-order valence-electron chi connectivity index (χ3n) is 11.2. The molecule has 1 aromatic heterocycles. The number of H-pyrrole nitrogens is 1. The minimum atomic E-state index is -1.52. The van der Waals surface area contributed by atoms with Crippen molar-refractivity contribution >= 4 is 64.2 Å². The quantitative estimate of drug-likeness (QED) is 0.0272. The summed E-state index contributed by atoms with van der Waals surface area (Å²) in [6, 6.07) is 4.49. The average molecular weight is 933 g/mol. The first-order valence-electron chi connectivity index (χ1n) is 22.2. The number of phenols is 1. The van der Waals surface area contributed by atoms with Crippen LogP contribution >= 0.6 is 0 Å². The second-order valence-corrected chi connectivity index (χ2v) is 17.1. The van der Waals surface area contributed by atoms with Crippen molar-refractivity contribution in [2.75, 3.05) is 13.1 Å². The molecular formula is C45H64N12O10. The minimum absolute atomic E-state index is 0.0133. The van der Waals surface area contributed by atoms with Crippen molar-refractivity contribution in [3.8, 4) is 5.75 Å². The Morgan fingerprint density at radius 2 is 1.37 bits per heavy atom. The van der Waals surface area contributed by atoms with E-state index in [2.05, 4.69) is 36.6 Å². The fourth-order valence-corrected chi connectivity index (χ4v) is 7.75. The van der Waals surface area contributed by atoms with Crippen molar-refractivity contribution in [1.82, 2.24) is 36.5 Å². The van der Waals surface area contributed by atoms with E-state index in [0.29, 0.717) is 30.5 Å². The van der Waals surface area contributed by atoms with Crippen LogP contribution in [-0.4, -0.2) is 129 Å². The Morgan fingerprint density at radius 3 is 1.99 bits per heavy atom. The smallest absolute Gasteiger partial charge is 0.326 e. The summed E-state index contributed by atoms with van der Waals surface area (Å²) >= 11 is 0. The van der Waals surface area contributed by atoms with Gasteiger partial charge in [-0.3, -0.25) is 38.6 Å². The first-order chi connectivity index (χ1) is 31.7. The number of phenolic OH excluding ortho intramolecular Hbond substituents is 1. The summed E-state index contributed by atoms with van der Waals surface area (Å²) in [5.41, 5.74) is 24.0. The molecule has 0 radical (unpaired) electrons. The molecule has 3 aromatic rings. The molecule has 2 aromatic carbocycles. The van der Waals surface area contributed by atoms with E-state index in [9.17, 15) is 48.6 Å². The van der Waals surface area contributed by atoms with Gasteiger partial charge in [-0.1, -0.05) is 44.2 Å².